The average molecular weight is 316 g/mol. The average Bonchev–Trinajstić information content (AvgIpc) is 2.34. The van der Waals surface area contributed by atoms with Gasteiger partial charge in [0.1, 0.15) is 5.75 Å². The second kappa shape index (κ2) is 8.11. The van der Waals surface area contributed by atoms with Crippen molar-refractivity contribution in [3.05, 3.63) is 28.7 Å². The number of aliphatic hydroxyl groups excluding tert-OH is 1. The van der Waals surface area contributed by atoms with Crippen molar-refractivity contribution in [3.63, 3.8) is 0 Å². The number of hydrogen-bond donors (Lipinski definition) is 2. The Balaban J connectivity index is 2.15. The summed E-state index contributed by atoms with van der Waals surface area (Å²) in [6, 6.07) is 7.60. The normalized spacial score (nSPS) is 11.9. The van der Waals surface area contributed by atoms with E-state index in [0.717, 1.165) is 10.2 Å². The predicted molar refractivity (Wildman–Crippen MR) is 73.6 cm³/mol. The van der Waals surface area contributed by atoms with Gasteiger partial charge in [-0.3, -0.25) is 4.79 Å². The zero-order valence-corrected chi connectivity index (χ0v) is 11.9. The highest BCUT2D eigenvalue weighted by Gasteiger charge is 2.04. The van der Waals surface area contributed by atoms with Crippen LogP contribution in [0.1, 0.15) is 19.8 Å². The van der Waals surface area contributed by atoms with Crippen molar-refractivity contribution in [2.45, 2.75) is 25.9 Å². The van der Waals surface area contributed by atoms with Crippen LogP contribution >= 0.6 is 15.9 Å². The molecular weight excluding hydrogens is 298 g/mol. The summed E-state index contributed by atoms with van der Waals surface area (Å²) in [7, 11) is 0. The molecule has 0 fully saturated rings. The van der Waals surface area contributed by atoms with Crippen LogP contribution in [-0.2, 0) is 4.79 Å². The molecule has 1 unspecified atom stereocenters. The van der Waals surface area contributed by atoms with Crippen LogP contribution in [0.3, 0.4) is 0 Å². The summed E-state index contributed by atoms with van der Waals surface area (Å²) in [4.78, 5) is 11.3. The van der Waals surface area contributed by atoms with Crippen LogP contribution in [0.4, 0.5) is 0 Å². The van der Waals surface area contributed by atoms with Gasteiger partial charge in [0, 0.05) is 13.0 Å². The fraction of sp³-hybridized carbons (Fsp3) is 0.462. The fourth-order valence-electron chi connectivity index (χ4n) is 1.33. The number of ether oxygens (including phenoxy) is 1. The predicted octanol–water partition coefficient (Wildman–Crippen LogP) is 2.11. The smallest absolute Gasteiger partial charge is 0.220 e. The van der Waals surface area contributed by atoms with E-state index in [4.69, 9.17) is 9.84 Å². The number of carbonyl (C=O) groups excluding carboxylic acids is 1. The van der Waals surface area contributed by atoms with Gasteiger partial charge in [0.25, 0.3) is 0 Å². The van der Waals surface area contributed by atoms with E-state index in [1.807, 2.05) is 24.3 Å². The molecule has 1 atom stereocenters. The quantitative estimate of drug-likeness (QED) is 0.758. The van der Waals surface area contributed by atoms with Gasteiger partial charge in [-0.2, -0.15) is 0 Å². The monoisotopic (exact) mass is 315 g/mol. The molecule has 1 rings (SSSR count). The highest BCUT2D eigenvalue weighted by molar-refractivity contribution is 9.10. The van der Waals surface area contributed by atoms with E-state index in [2.05, 4.69) is 21.2 Å². The van der Waals surface area contributed by atoms with Gasteiger partial charge in [0.2, 0.25) is 5.91 Å². The Kier molecular flexibility index (Phi) is 6.75. The summed E-state index contributed by atoms with van der Waals surface area (Å²) in [6.07, 6.45) is 0.537. The van der Waals surface area contributed by atoms with Crippen LogP contribution in [0.2, 0.25) is 0 Å². The maximum absolute atomic E-state index is 11.3. The molecule has 0 aromatic heterocycles. The maximum Gasteiger partial charge on any atom is 0.220 e. The SMILES string of the molecule is CC(O)CNC(=O)CCCOc1ccccc1Br. The number of halogens is 1. The fourth-order valence-corrected chi connectivity index (χ4v) is 1.73. The van der Waals surface area contributed by atoms with Gasteiger partial charge in [-0.1, -0.05) is 12.1 Å². The Morgan fingerprint density at radius 1 is 1.50 bits per heavy atom. The summed E-state index contributed by atoms with van der Waals surface area (Å²) in [5.41, 5.74) is 0. The Labute approximate surface area is 115 Å². The molecule has 4 nitrogen and oxygen atoms in total. The molecule has 0 aliphatic carbocycles. The van der Waals surface area contributed by atoms with E-state index < -0.39 is 6.10 Å². The summed E-state index contributed by atoms with van der Waals surface area (Å²) >= 11 is 3.39. The lowest BCUT2D eigenvalue weighted by atomic mass is 10.3. The topological polar surface area (TPSA) is 58.6 Å². The van der Waals surface area contributed by atoms with Gasteiger partial charge in [0.15, 0.2) is 0 Å². The van der Waals surface area contributed by atoms with Crippen molar-refractivity contribution < 1.29 is 14.6 Å². The van der Waals surface area contributed by atoms with Gasteiger partial charge >= 0.3 is 0 Å². The molecule has 1 aromatic carbocycles. The van der Waals surface area contributed by atoms with Crippen molar-refractivity contribution in [1.29, 1.82) is 0 Å². The first-order valence-electron chi connectivity index (χ1n) is 5.91. The Hall–Kier alpha value is -1.07. The molecule has 0 spiro atoms. The van der Waals surface area contributed by atoms with Crippen LogP contribution in [0, 0.1) is 0 Å². The van der Waals surface area contributed by atoms with Gasteiger partial charge < -0.3 is 15.2 Å². The van der Waals surface area contributed by atoms with E-state index in [9.17, 15) is 4.79 Å². The minimum absolute atomic E-state index is 0.0633. The third kappa shape index (κ3) is 6.02. The minimum atomic E-state index is -0.509. The number of amides is 1. The van der Waals surface area contributed by atoms with Crippen LogP contribution < -0.4 is 10.1 Å². The molecular formula is C13H18BrNO3. The largest absolute Gasteiger partial charge is 0.492 e. The Bertz CT molecular complexity index is 382. The number of aliphatic hydroxyl groups is 1. The van der Waals surface area contributed by atoms with Gasteiger partial charge in [-0.15, -0.1) is 0 Å². The molecule has 100 valence electrons. The third-order valence-corrected chi connectivity index (χ3v) is 2.89. The van der Waals surface area contributed by atoms with Crippen LogP contribution in [0.15, 0.2) is 28.7 Å². The molecule has 18 heavy (non-hydrogen) atoms. The third-order valence-electron chi connectivity index (χ3n) is 2.24. The lowest BCUT2D eigenvalue weighted by Gasteiger charge is -2.09. The van der Waals surface area contributed by atoms with E-state index in [0.29, 0.717) is 26.0 Å². The number of hydrogen-bond acceptors (Lipinski definition) is 3. The molecule has 0 heterocycles. The van der Waals surface area contributed by atoms with E-state index in [-0.39, 0.29) is 5.91 Å². The highest BCUT2D eigenvalue weighted by atomic mass is 79.9. The Morgan fingerprint density at radius 3 is 2.89 bits per heavy atom. The first kappa shape index (κ1) is 15.0. The summed E-state index contributed by atoms with van der Waals surface area (Å²) in [5, 5.41) is 11.6. The molecule has 0 saturated heterocycles. The van der Waals surface area contributed by atoms with Crippen LogP contribution in [-0.4, -0.2) is 30.3 Å². The molecule has 2 N–H and O–H groups in total. The zero-order valence-electron chi connectivity index (χ0n) is 10.4. The van der Waals surface area contributed by atoms with Gasteiger partial charge in [-0.05, 0) is 41.4 Å². The number of nitrogens with one attached hydrogen (secondary N) is 1. The number of rotatable bonds is 7. The standard InChI is InChI=1S/C13H18BrNO3/c1-10(16)9-15-13(17)7-4-8-18-12-6-3-2-5-11(12)14/h2-3,5-6,10,16H,4,7-9H2,1H3,(H,15,17). The van der Waals surface area contributed by atoms with E-state index in [1.54, 1.807) is 6.92 Å². The molecule has 5 heteroatoms. The van der Waals surface area contributed by atoms with Crippen LogP contribution in [0.5, 0.6) is 5.75 Å². The zero-order chi connectivity index (χ0) is 13.4. The highest BCUT2D eigenvalue weighted by Crippen LogP contribution is 2.23. The molecule has 0 aliphatic heterocycles. The lowest BCUT2D eigenvalue weighted by molar-refractivity contribution is -0.121. The Morgan fingerprint density at radius 2 is 2.22 bits per heavy atom. The van der Waals surface area contributed by atoms with Crippen LogP contribution in [0.25, 0.3) is 0 Å². The second-order valence-electron chi connectivity index (χ2n) is 4.04. The van der Waals surface area contributed by atoms with Crippen molar-refractivity contribution in [2.24, 2.45) is 0 Å². The second-order valence-corrected chi connectivity index (χ2v) is 4.89. The van der Waals surface area contributed by atoms with E-state index in [1.165, 1.54) is 0 Å². The first-order chi connectivity index (χ1) is 8.59. The van der Waals surface area contributed by atoms with Crippen molar-refractivity contribution in [1.82, 2.24) is 5.32 Å². The number of benzene rings is 1. The van der Waals surface area contributed by atoms with Crippen molar-refractivity contribution >= 4 is 21.8 Å². The summed E-state index contributed by atoms with van der Waals surface area (Å²) in [5.74, 6) is 0.716. The van der Waals surface area contributed by atoms with Gasteiger partial charge in [-0.25, -0.2) is 0 Å². The van der Waals surface area contributed by atoms with E-state index >= 15 is 0 Å². The molecule has 0 radical (unpaired) electrons. The lowest BCUT2D eigenvalue weighted by Crippen LogP contribution is -2.30. The number of para-hydroxylation sites is 1. The minimum Gasteiger partial charge on any atom is -0.492 e. The van der Waals surface area contributed by atoms with Crippen molar-refractivity contribution in [3.8, 4) is 5.75 Å². The molecule has 1 aromatic rings. The van der Waals surface area contributed by atoms with Gasteiger partial charge in [0.05, 0.1) is 17.2 Å². The molecule has 0 bridgehead atoms. The van der Waals surface area contributed by atoms with Crippen molar-refractivity contribution in [2.75, 3.05) is 13.2 Å². The molecule has 1 amide bonds. The summed E-state index contributed by atoms with van der Waals surface area (Å²) in [6.45, 7) is 2.42. The first-order valence-corrected chi connectivity index (χ1v) is 6.71. The number of carbonyl (C=O) groups is 1. The maximum atomic E-state index is 11.3. The summed E-state index contributed by atoms with van der Waals surface area (Å²) < 4.78 is 6.44. The molecule has 0 saturated carbocycles. The molecule has 0 aliphatic rings.